The minimum absolute atomic E-state index is 0.455. The van der Waals surface area contributed by atoms with E-state index in [9.17, 15) is 4.79 Å². The number of ether oxygens (including phenoxy) is 1. The Morgan fingerprint density at radius 3 is 2.61 bits per heavy atom. The summed E-state index contributed by atoms with van der Waals surface area (Å²) in [5.74, 6) is 0. The fourth-order valence-electron chi connectivity index (χ4n) is 3.06. The highest BCUT2D eigenvalue weighted by Crippen LogP contribution is 2.39. The molecule has 0 saturated heterocycles. The highest BCUT2D eigenvalue weighted by atomic mass is 32.1. The molecule has 0 fully saturated rings. The molecule has 0 saturated carbocycles. The number of H-pyrrole nitrogens is 1. The lowest BCUT2D eigenvalue weighted by Crippen LogP contribution is -2.27. The number of hydrogen-bond acceptors (Lipinski definition) is 4. The van der Waals surface area contributed by atoms with Gasteiger partial charge in [-0.25, -0.2) is 9.78 Å². The van der Waals surface area contributed by atoms with Crippen LogP contribution in [-0.4, -0.2) is 21.7 Å². The number of aromatic nitrogens is 2. The Morgan fingerprint density at radius 1 is 1.07 bits per heavy atom. The highest BCUT2D eigenvalue weighted by molar-refractivity contribution is 7.14. The number of nitrogens with zero attached hydrogens (tertiary/aromatic N) is 1. The van der Waals surface area contributed by atoms with Gasteiger partial charge in [-0.3, -0.25) is 5.32 Å². The van der Waals surface area contributed by atoms with E-state index in [1.54, 1.807) is 11.3 Å². The van der Waals surface area contributed by atoms with Crippen LogP contribution in [0.3, 0.4) is 0 Å². The Hall–Kier alpha value is -3.12. The molecule has 4 aromatic rings. The third-order valence-corrected chi connectivity index (χ3v) is 5.16. The summed E-state index contributed by atoms with van der Waals surface area (Å²) in [6.07, 6.45) is 3.28. The van der Waals surface area contributed by atoms with Crippen molar-refractivity contribution in [1.82, 2.24) is 9.97 Å². The van der Waals surface area contributed by atoms with Crippen molar-refractivity contribution in [1.29, 1.82) is 0 Å². The molecule has 0 aliphatic heterocycles. The zero-order valence-electron chi connectivity index (χ0n) is 15.9. The molecule has 0 bridgehead atoms. The van der Waals surface area contributed by atoms with Crippen molar-refractivity contribution in [3.63, 3.8) is 0 Å². The van der Waals surface area contributed by atoms with Gasteiger partial charge in [-0.15, -0.1) is 11.3 Å². The third kappa shape index (κ3) is 3.77. The number of hydrogen-bond donors (Lipinski definition) is 2. The van der Waals surface area contributed by atoms with Crippen LogP contribution in [-0.2, 0) is 4.74 Å². The zero-order chi connectivity index (χ0) is 19.7. The first-order valence-electron chi connectivity index (χ1n) is 9.01. The smallest absolute Gasteiger partial charge is 0.412 e. The van der Waals surface area contributed by atoms with Gasteiger partial charge in [0.1, 0.15) is 11.2 Å². The maximum Gasteiger partial charge on any atom is 0.412 e. The average Bonchev–Trinajstić information content (AvgIpc) is 3.29. The van der Waals surface area contributed by atoms with E-state index >= 15 is 0 Å². The summed E-state index contributed by atoms with van der Waals surface area (Å²) in [4.78, 5) is 20.7. The number of aromatic amines is 1. The summed E-state index contributed by atoms with van der Waals surface area (Å²) in [6, 6.07) is 14.0. The lowest BCUT2D eigenvalue weighted by molar-refractivity contribution is 0.0636. The van der Waals surface area contributed by atoms with E-state index in [4.69, 9.17) is 4.74 Å². The Labute approximate surface area is 167 Å². The number of pyridine rings is 1. The molecule has 0 radical (unpaired) electrons. The zero-order valence-corrected chi connectivity index (χ0v) is 16.8. The van der Waals surface area contributed by atoms with Crippen LogP contribution in [0, 0.1) is 0 Å². The third-order valence-electron chi connectivity index (χ3n) is 4.21. The first kappa shape index (κ1) is 18.3. The normalized spacial score (nSPS) is 11.5. The number of anilines is 1. The number of benzene rings is 1. The molecule has 3 aromatic heterocycles. The molecule has 0 aliphatic carbocycles. The van der Waals surface area contributed by atoms with Gasteiger partial charge in [0.25, 0.3) is 0 Å². The average molecular weight is 391 g/mol. The summed E-state index contributed by atoms with van der Waals surface area (Å²) in [5.41, 5.74) is 4.46. The minimum Gasteiger partial charge on any atom is -0.444 e. The topological polar surface area (TPSA) is 67.0 Å². The molecule has 0 unspecified atom stereocenters. The van der Waals surface area contributed by atoms with E-state index in [0.717, 1.165) is 27.7 Å². The standard InChI is InChI=1S/C22H21N3O2S/c1-22(2,3)27-21(26)25-15-6-4-14(5-7-15)16-10-13-28-19(16)17-8-11-23-20-18(17)9-12-24-20/h4-13H,1-3H3,(H,23,24)(H,25,26). The second-order valence-corrected chi connectivity index (χ2v) is 8.38. The number of nitrogens with one attached hydrogen (secondary N) is 2. The van der Waals surface area contributed by atoms with E-state index in [-0.39, 0.29) is 0 Å². The molecule has 0 atom stereocenters. The molecule has 0 aliphatic rings. The second-order valence-electron chi connectivity index (χ2n) is 7.47. The highest BCUT2D eigenvalue weighted by Gasteiger charge is 2.17. The van der Waals surface area contributed by atoms with Gasteiger partial charge in [0.05, 0.1) is 0 Å². The molecule has 28 heavy (non-hydrogen) atoms. The predicted molar refractivity (Wildman–Crippen MR) is 115 cm³/mol. The van der Waals surface area contributed by atoms with Gasteiger partial charge in [-0.05, 0) is 62.0 Å². The Balaban J connectivity index is 1.61. The van der Waals surface area contributed by atoms with Crippen LogP contribution in [0.2, 0.25) is 0 Å². The van der Waals surface area contributed by atoms with Crippen LogP contribution in [0.5, 0.6) is 0 Å². The molecule has 6 heteroatoms. The van der Waals surface area contributed by atoms with E-state index in [0.29, 0.717) is 5.69 Å². The minimum atomic E-state index is -0.524. The summed E-state index contributed by atoms with van der Waals surface area (Å²) in [6.45, 7) is 5.52. The molecule has 2 N–H and O–H groups in total. The van der Waals surface area contributed by atoms with E-state index in [2.05, 4.69) is 32.8 Å². The van der Waals surface area contributed by atoms with Crippen molar-refractivity contribution < 1.29 is 9.53 Å². The quantitative estimate of drug-likeness (QED) is 0.430. The first-order chi connectivity index (χ1) is 13.4. The van der Waals surface area contributed by atoms with Crippen LogP contribution in [0.1, 0.15) is 20.8 Å². The molecule has 5 nitrogen and oxygen atoms in total. The number of carbonyl (C=O) groups is 1. The molecule has 1 aromatic carbocycles. The molecule has 4 rings (SSSR count). The van der Waals surface area contributed by atoms with Gasteiger partial charge >= 0.3 is 6.09 Å². The van der Waals surface area contributed by atoms with Crippen molar-refractivity contribution in [3.8, 4) is 21.6 Å². The Bertz CT molecular complexity index is 1120. The summed E-state index contributed by atoms with van der Waals surface area (Å²) in [7, 11) is 0. The lowest BCUT2D eigenvalue weighted by Gasteiger charge is -2.19. The van der Waals surface area contributed by atoms with Crippen molar-refractivity contribution in [2.75, 3.05) is 5.32 Å². The SMILES string of the molecule is CC(C)(C)OC(=O)Nc1ccc(-c2ccsc2-c2ccnc3[nH]ccc23)cc1. The summed E-state index contributed by atoms with van der Waals surface area (Å²) < 4.78 is 5.30. The van der Waals surface area contributed by atoms with E-state index in [1.165, 1.54) is 4.88 Å². The number of carbonyl (C=O) groups excluding carboxylic acids is 1. The Kier molecular flexibility index (Phi) is 4.65. The van der Waals surface area contributed by atoms with Crippen molar-refractivity contribution in [3.05, 3.63) is 60.2 Å². The number of rotatable bonds is 3. The van der Waals surface area contributed by atoms with Gasteiger partial charge < -0.3 is 9.72 Å². The monoisotopic (exact) mass is 391 g/mol. The second kappa shape index (κ2) is 7.13. The van der Waals surface area contributed by atoms with E-state index < -0.39 is 11.7 Å². The fraction of sp³-hybridized carbons (Fsp3) is 0.182. The predicted octanol–water partition coefficient (Wildman–Crippen LogP) is 6.31. The molecular weight excluding hydrogens is 370 g/mol. The number of amides is 1. The van der Waals surface area contributed by atoms with E-state index in [1.807, 2.05) is 63.5 Å². The van der Waals surface area contributed by atoms with Gasteiger partial charge in [0.15, 0.2) is 0 Å². The molecule has 1 amide bonds. The van der Waals surface area contributed by atoms with Crippen LogP contribution < -0.4 is 5.32 Å². The van der Waals surface area contributed by atoms with Gasteiger partial charge in [0, 0.05) is 39.5 Å². The van der Waals surface area contributed by atoms with Gasteiger partial charge in [-0.1, -0.05) is 12.1 Å². The van der Waals surface area contributed by atoms with Crippen LogP contribution in [0.15, 0.2) is 60.2 Å². The van der Waals surface area contributed by atoms with Gasteiger partial charge in [0.2, 0.25) is 0 Å². The fourth-order valence-corrected chi connectivity index (χ4v) is 4.02. The first-order valence-corrected chi connectivity index (χ1v) is 9.89. The van der Waals surface area contributed by atoms with Crippen LogP contribution >= 0.6 is 11.3 Å². The number of thiophene rings is 1. The molecule has 142 valence electrons. The summed E-state index contributed by atoms with van der Waals surface area (Å²) in [5, 5.41) is 5.97. The lowest BCUT2D eigenvalue weighted by atomic mass is 10.0. The van der Waals surface area contributed by atoms with Crippen molar-refractivity contribution in [2.45, 2.75) is 26.4 Å². The molecule has 0 spiro atoms. The summed E-state index contributed by atoms with van der Waals surface area (Å²) >= 11 is 1.71. The van der Waals surface area contributed by atoms with Crippen molar-refractivity contribution >= 4 is 34.2 Å². The molecule has 3 heterocycles. The number of fused-ring (bicyclic) bond motifs is 1. The van der Waals surface area contributed by atoms with Crippen LogP contribution in [0.4, 0.5) is 10.5 Å². The van der Waals surface area contributed by atoms with Gasteiger partial charge in [-0.2, -0.15) is 0 Å². The Morgan fingerprint density at radius 2 is 1.86 bits per heavy atom. The van der Waals surface area contributed by atoms with Crippen LogP contribution in [0.25, 0.3) is 32.6 Å². The maximum atomic E-state index is 11.9. The maximum absolute atomic E-state index is 11.9. The largest absolute Gasteiger partial charge is 0.444 e. The molecular formula is C22H21N3O2S. The van der Waals surface area contributed by atoms with Crippen molar-refractivity contribution in [2.24, 2.45) is 0 Å².